The lowest BCUT2D eigenvalue weighted by molar-refractivity contribution is 0.0671. The van der Waals surface area contributed by atoms with E-state index in [1.807, 2.05) is 42.5 Å². The maximum Gasteiger partial charge on any atom is 0.276 e. The maximum atomic E-state index is 14.0. The second-order valence-corrected chi connectivity index (χ2v) is 10.9. The number of carbonyl (C=O) groups is 1. The van der Waals surface area contributed by atoms with Gasteiger partial charge in [-0.25, -0.2) is 12.8 Å². The Hall–Kier alpha value is -3.52. The standard InChI is InChI=1S/C26H23FN2O4S/c1-17-9-10-19(13-23(17)27)25-14-24(28-33-25)26(30)29(21-11-12-34(31,32)16-21)15-20-7-4-6-18-5-2-3-8-22(18)20/h2-10,13-14,21H,11-12,15-16H2,1H3/t21-/m0/s1. The average molecular weight is 479 g/mol. The molecule has 1 fully saturated rings. The molecule has 1 saturated heterocycles. The normalized spacial score (nSPS) is 17.2. The van der Waals surface area contributed by atoms with Crippen molar-refractivity contribution in [2.45, 2.75) is 25.9 Å². The fourth-order valence-electron chi connectivity index (χ4n) is 4.41. The third kappa shape index (κ3) is 4.33. The fraction of sp³-hybridized carbons (Fsp3) is 0.231. The van der Waals surface area contributed by atoms with E-state index in [1.165, 1.54) is 12.1 Å². The van der Waals surface area contributed by atoms with Crippen molar-refractivity contribution in [2.24, 2.45) is 0 Å². The largest absolute Gasteiger partial charge is 0.355 e. The third-order valence-corrected chi connectivity index (χ3v) is 8.07. The summed E-state index contributed by atoms with van der Waals surface area (Å²) < 4.78 is 43.8. The van der Waals surface area contributed by atoms with Crippen molar-refractivity contribution in [1.82, 2.24) is 10.1 Å². The zero-order valence-corrected chi connectivity index (χ0v) is 19.4. The first-order chi connectivity index (χ1) is 16.3. The predicted octanol–water partition coefficient (Wildman–Crippen LogP) is 4.77. The highest BCUT2D eigenvalue weighted by Crippen LogP contribution is 2.28. The molecule has 0 bridgehead atoms. The van der Waals surface area contributed by atoms with Crippen LogP contribution in [0, 0.1) is 12.7 Å². The maximum absolute atomic E-state index is 14.0. The quantitative estimate of drug-likeness (QED) is 0.413. The second kappa shape index (κ2) is 8.68. The summed E-state index contributed by atoms with van der Waals surface area (Å²) in [5, 5.41) is 5.98. The van der Waals surface area contributed by atoms with Gasteiger partial charge in [-0.15, -0.1) is 0 Å². The first-order valence-corrected chi connectivity index (χ1v) is 12.8. The molecule has 3 aromatic carbocycles. The molecule has 1 atom stereocenters. The number of nitrogens with zero attached hydrogens (tertiary/aromatic N) is 2. The van der Waals surface area contributed by atoms with E-state index in [-0.39, 0.29) is 35.3 Å². The third-order valence-electron chi connectivity index (χ3n) is 6.32. The molecule has 0 saturated carbocycles. The highest BCUT2D eigenvalue weighted by atomic mass is 32.2. The van der Waals surface area contributed by atoms with Crippen LogP contribution in [0.1, 0.15) is 28.0 Å². The Labute approximate surface area is 196 Å². The van der Waals surface area contributed by atoms with Crippen LogP contribution in [0.15, 0.2) is 71.3 Å². The van der Waals surface area contributed by atoms with Crippen LogP contribution in [-0.4, -0.2) is 41.9 Å². The van der Waals surface area contributed by atoms with Gasteiger partial charge in [0.05, 0.1) is 11.5 Å². The van der Waals surface area contributed by atoms with Gasteiger partial charge >= 0.3 is 0 Å². The number of aryl methyl sites for hydroxylation is 1. The van der Waals surface area contributed by atoms with Gasteiger partial charge in [0.1, 0.15) is 5.82 Å². The number of amides is 1. The minimum Gasteiger partial charge on any atom is -0.355 e. The van der Waals surface area contributed by atoms with Crippen LogP contribution in [0.3, 0.4) is 0 Å². The molecule has 8 heteroatoms. The molecule has 0 aliphatic carbocycles. The number of hydrogen-bond acceptors (Lipinski definition) is 5. The van der Waals surface area contributed by atoms with Crippen molar-refractivity contribution < 1.29 is 22.1 Å². The molecule has 0 unspecified atom stereocenters. The van der Waals surface area contributed by atoms with Crippen LogP contribution in [0.5, 0.6) is 0 Å². The van der Waals surface area contributed by atoms with E-state index in [0.717, 1.165) is 16.3 Å². The Kier molecular flexibility index (Phi) is 5.69. The van der Waals surface area contributed by atoms with Gasteiger partial charge in [0.15, 0.2) is 21.3 Å². The number of rotatable bonds is 5. The topological polar surface area (TPSA) is 80.5 Å². The molecule has 5 rings (SSSR count). The van der Waals surface area contributed by atoms with E-state index in [1.54, 1.807) is 24.0 Å². The summed E-state index contributed by atoms with van der Waals surface area (Å²) in [6, 6.07) is 19.4. The lowest BCUT2D eigenvalue weighted by atomic mass is 10.0. The molecule has 1 aromatic heterocycles. The molecule has 1 aliphatic rings. The van der Waals surface area contributed by atoms with Crippen LogP contribution in [-0.2, 0) is 16.4 Å². The Bertz CT molecular complexity index is 1490. The molecule has 1 aliphatic heterocycles. The molecule has 0 spiro atoms. The summed E-state index contributed by atoms with van der Waals surface area (Å²) in [5.74, 6) is -0.569. The fourth-order valence-corrected chi connectivity index (χ4v) is 6.14. The Morgan fingerprint density at radius 2 is 1.91 bits per heavy atom. The number of fused-ring (bicyclic) bond motifs is 1. The van der Waals surface area contributed by atoms with Crippen LogP contribution in [0.2, 0.25) is 0 Å². The van der Waals surface area contributed by atoms with Crippen molar-refractivity contribution in [3.63, 3.8) is 0 Å². The molecule has 6 nitrogen and oxygen atoms in total. The number of halogens is 1. The van der Waals surface area contributed by atoms with E-state index in [4.69, 9.17) is 4.52 Å². The zero-order chi connectivity index (χ0) is 23.9. The smallest absolute Gasteiger partial charge is 0.276 e. The number of carbonyl (C=O) groups excluding carboxylic acids is 1. The molecule has 0 radical (unpaired) electrons. The molecular weight excluding hydrogens is 455 g/mol. The highest BCUT2D eigenvalue weighted by Gasteiger charge is 2.36. The van der Waals surface area contributed by atoms with E-state index < -0.39 is 21.8 Å². The second-order valence-electron chi connectivity index (χ2n) is 8.67. The summed E-state index contributed by atoms with van der Waals surface area (Å²) in [6.45, 7) is 1.90. The van der Waals surface area contributed by atoms with Crippen molar-refractivity contribution in [3.05, 3.63) is 89.4 Å². The Morgan fingerprint density at radius 3 is 2.68 bits per heavy atom. The Balaban J connectivity index is 1.50. The van der Waals surface area contributed by atoms with Gasteiger partial charge in [-0.2, -0.15) is 0 Å². The summed E-state index contributed by atoms with van der Waals surface area (Å²) in [4.78, 5) is 15.2. The van der Waals surface area contributed by atoms with Crippen molar-refractivity contribution in [2.75, 3.05) is 11.5 Å². The van der Waals surface area contributed by atoms with Gasteiger partial charge in [0, 0.05) is 24.2 Å². The number of benzene rings is 3. The number of aromatic nitrogens is 1. The lowest BCUT2D eigenvalue weighted by Crippen LogP contribution is -2.40. The van der Waals surface area contributed by atoms with E-state index >= 15 is 0 Å². The summed E-state index contributed by atoms with van der Waals surface area (Å²) >= 11 is 0. The predicted molar refractivity (Wildman–Crippen MR) is 128 cm³/mol. The van der Waals surface area contributed by atoms with E-state index in [2.05, 4.69) is 5.16 Å². The van der Waals surface area contributed by atoms with Crippen molar-refractivity contribution >= 4 is 26.5 Å². The lowest BCUT2D eigenvalue weighted by Gasteiger charge is -2.28. The summed E-state index contributed by atoms with van der Waals surface area (Å²) in [7, 11) is -3.22. The van der Waals surface area contributed by atoms with Crippen LogP contribution in [0.25, 0.3) is 22.1 Å². The average Bonchev–Trinajstić information content (AvgIpc) is 3.45. The first kappa shape index (κ1) is 22.3. The van der Waals surface area contributed by atoms with Crippen LogP contribution < -0.4 is 0 Å². The molecule has 1 amide bonds. The van der Waals surface area contributed by atoms with Gasteiger partial charge < -0.3 is 9.42 Å². The van der Waals surface area contributed by atoms with Gasteiger partial charge in [-0.3, -0.25) is 4.79 Å². The van der Waals surface area contributed by atoms with Gasteiger partial charge in [0.2, 0.25) is 0 Å². The van der Waals surface area contributed by atoms with E-state index in [0.29, 0.717) is 17.5 Å². The molecule has 2 heterocycles. The van der Waals surface area contributed by atoms with Gasteiger partial charge in [-0.05, 0) is 41.3 Å². The Morgan fingerprint density at radius 1 is 1.12 bits per heavy atom. The van der Waals surface area contributed by atoms with Crippen LogP contribution in [0.4, 0.5) is 4.39 Å². The van der Waals surface area contributed by atoms with E-state index in [9.17, 15) is 17.6 Å². The monoisotopic (exact) mass is 478 g/mol. The number of sulfone groups is 1. The first-order valence-electron chi connectivity index (χ1n) is 11.0. The zero-order valence-electron chi connectivity index (χ0n) is 18.6. The van der Waals surface area contributed by atoms with Crippen molar-refractivity contribution in [3.8, 4) is 11.3 Å². The van der Waals surface area contributed by atoms with Crippen molar-refractivity contribution in [1.29, 1.82) is 0 Å². The summed E-state index contributed by atoms with van der Waals surface area (Å²) in [6.07, 6.45) is 0.368. The minimum atomic E-state index is -3.22. The SMILES string of the molecule is Cc1ccc(-c2cc(C(=O)N(Cc3cccc4ccccc34)[C@H]3CCS(=O)(=O)C3)no2)cc1F. The highest BCUT2D eigenvalue weighted by molar-refractivity contribution is 7.91. The number of hydrogen-bond donors (Lipinski definition) is 0. The molecule has 34 heavy (non-hydrogen) atoms. The molecule has 4 aromatic rings. The molecular formula is C26H23FN2O4S. The minimum absolute atomic E-state index is 0.0453. The molecule has 0 N–H and O–H groups in total. The van der Waals surface area contributed by atoms with Crippen LogP contribution >= 0.6 is 0 Å². The van der Waals surface area contributed by atoms with Gasteiger partial charge in [-0.1, -0.05) is 59.8 Å². The van der Waals surface area contributed by atoms with Gasteiger partial charge in [0.25, 0.3) is 5.91 Å². The summed E-state index contributed by atoms with van der Waals surface area (Å²) in [5.41, 5.74) is 1.95. The molecule has 174 valence electrons.